The van der Waals surface area contributed by atoms with Crippen LogP contribution in [-0.2, 0) is 19.8 Å². The largest absolute Gasteiger partial charge is 0.488 e. The zero-order valence-electron chi connectivity index (χ0n) is 18.3. The molecule has 2 amide bonds. The van der Waals surface area contributed by atoms with E-state index in [-0.39, 0.29) is 23.7 Å². The van der Waals surface area contributed by atoms with E-state index in [1.165, 1.54) is 0 Å². The highest BCUT2D eigenvalue weighted by atomic mass is 16.5. The first-order chi connectivity index (χ1) is 15.6. The summed E-state index contributed by atoms with van der Waals surface area (Å²) in [6.45, 7) is 2.96. The number of hydrogen-bond donors (Lipinski definition) is 3. The van der Waals surface area contributed by atoms with Gasteiger partial charge in [0.25, 0.3) is 0 Å². The molecule has 0 unspecified atom stereocenters. The van der Waals surface area contributed by atoms with Gasteiger partial charge in [0.1, 0.15) is 17.6 Å². The van der Waals surface area contributed by atoms with Gasteiger partial charge < -0.3 is 20.7 Å². The highest BCUT2D eigenvalue weighted by Crippen LogP contribution is 2.51. The molecular formula is C25H31N3O4. The first-order valence-corrected chi connectivity index (χ1v) is 11.5. The molecule has 1 aromatic rings. The molecule has 3 N–H and O–H groups in total. The van der Waals surface area contributed by atoms with Crippen LogP contribution in [0.2, 0.25) is 0 Å². The summed E-state index contributed by atoms with van der Waals surface area (Å²) in [5.74, 6) is 0.675. The molecule has 7 heteroatoms. The topological polar surface area (TPSA) is 96.5 Å². The van der Waals surface area contributed by atoms with Crippen molar-refractivity contribution < 1.29 is 19.1 Å². The molecule has 3 aliphatic rings. The second kappa shape index (κ2) is 10.1. The number of rotatable bonds is 0. The van der Waals surface area contributed by atoms with Gasteiger partial charge in [-0.2, -0.15) is 0 Å². The van der Waals surface area contributed by atoms with Crippen molar-refractivity contribution in [3.63, 3.8) is 0 Å². The molecule has 2 bridgehead atoms. The lowest BCUT2D eigenvalue weighted by atomic mass is 9.68. The van der Waals surface area contributed by atoms with E-state index in [0.29, 0.717) is 32.4 Å². The molecule has 170 valence electrons. The molecule has 1 saturated carbocycles. The summed E-state index contributed by atoms with van der Waals surface area (Å²) < 4.78 is 6.16. The minimum atomic E-state index is -0.519. The molecule has 0 radical (unpaired) electrons. The van der Waals surface area contributed by atoms with Gasteiger partial charge in [-0.25, -0.2) is 0 Å². The van der Waals surface area contributed by atoms with Gasteiger partial charge in [-0.1, -0.05) is 12.1 Å². The van der Waals surface area contributed by atoms with Gasteiger partial charge in [0.15, 0.2) is 0 Å². The van der Waals surface area contributed by atoms with Crippen LogP contribution in [0.25, 0.3) is 6.08 Å². The van der Waals surface area contributed by atoms with E-state index in [2.05, 4.69) is 16.0 Å². The normalized spacial score (nSPS) is 29.1. The van der Waals surface area contributed by atoms with E-state index in [4.69, 9.17) is 4.74 Å². The first-order valence-electron chi connectivity index (χ1n) is 11.5. The van der Waals surface area contributed by atoms with Crippen LogP contribution in [0.15, 0.2) is 36.4 Å². The van der Waals surface area contributed by atoms with Crippen LogP contribution in [0, 0.1) is 0 Å². The van der Waals surface area contributed by atoms with Crippen LogP contribution in [0.4, 0.5) is 0 Å². The number of Topliss-reactive ketones (excluding diaryl/α,β-unsaturated/α-hetero) is 1. The summed E-state index contributed by atoms with van der Waals surface area (Å²) in [5, 5.41) is 9.23. The average Bonchev–Trinajstić information content (AvgIpc) is 3.10. The summed E-state index contributed by atoms with van der Waals surface area (Å²) in [6, 6.07) is 5.81. The molecule has 1 spiro atoms. The van der Waals surface area contributed by atoms with Crippen molar-refractivity contribution in [2.45, 2.75) is 50.0 Å². The Labute approximate surface area is 188 Å². The van der Waals surface area contributed by atoms with E-state index in [0.717, 1.165) is 49.2 Å². The minimum absolute atomic E-state index is 0.114. The Kier molecular flexibility index (Phi) is 7.05. The van der Waals surface area contributed by atoms with E-state index in [1.807, 2.05) is 24.3 Å². The average molecular weight is 438 g/mol. The molecular weight excluding hydrogens is 406 g/mol. The monoisotopic (exact) mass is 437 g/mol. The molecule has 2 heterocycles. The predicted octanol–water partition coefficient (Wildman–Crippen LogP) is 2.01. The summed E-state index contributed by atoms with van der Waals surface area (Å²) >= 11 is 0. The number of nitrogens with one attached hydrogen (secondary N) is 3. The lowest BCUT2D eigenvalue weighted by Gasteiger charge is -2.35. The van der Waals surface area contributed by atoms with Crippen LogP contribution in [-0.4, -0.2) is 49.9 Å². The lowest BCUT2D eigenvalue weighted by Crippen LogP contribution is -2.42. The Morgan fingerprint density at radius 1 is 0.875 bits per heavy atom. The standard InChI is InChI=1S/C25H31N3O4/c29-19-8-10-25-11-9-24(31)28-15-3-13-26-12-1-2-14-27-23(30)7-5-18-4-6-21(20(25)16-18)32-22(25)17-19/h4-7,9,11,16,22,26H,1-3,8,10,12-15,17H2,(H,27,30)(H,28,31)/b7-5+,11-9+/t22-,25+/m1/s1. The Bertz CT molecular complexity index is 939. The maximum Gasteiger partial charge on any atom is 0.243 e. The molecule has 0 aromatic heterocycles. The quantitative estimate of drug-likeness (QED) is 0.577. The molecule has 0 saturated heterocycles. The third-order valence-corrected chi connectivity index (χ3v) is 6.45. The van der Waals surface area contributed by atoms with E-state index in [1.54, 1.807) is 18.2 Å². The third-order valence-electron chi connectivity index (χ3n) is 6.45. The lowest BCUT2D eigenvalue weighted by molar-refractivity contribution is -0.123. The molecule has 2 aliphatic heterocycles. The molecule has 4 rings (SSSR count). The number of fused-ring (bicyclic) bond motifs is 1. The van der Waals surface area contributed by atoms with Gasteiger partial charge in [-0.15, -0.1) is 0 Å². The number of hydrogen-bond acceptors (Lipinski definition) is 5. The van der Waals surface area contributed by atoms with Crippen molar-refractivity contribution in [1.82, 2.24) is 16.0 Å². The minimum Gasteiger partial charge on any atom is -0.488 e. The van der Waals surface area contributed by atoms with Crippen molar-refractivity contribution in [2.24, 2.45) is 0 Å². The highest BCUT2D eigenvalue weighted by molar-refractivity contribution is 5.92. The van der Waals surface area contributed by atoms with Crippen LogP contribution >= 0.6 is 0 Å². The van der Waals surface area contributed by atoms with Crippen molar-refractivity contribution >= 4 is 23.7 Å². The van der Waals surface area contributed by atoms with Gasteiger partial charge in [0.05, 0.1) is 5.41 Å². The van der Waals surface area contributed by atoms with Gasteiger partial charge in [-0.05, 0) is 68.6 Å². The molecule has 7 nitrogen and oxygen atoms in total. The first kappa shape index (κ1) is 22.3. The van der Waals surface area contributed by atoms with Crippen molar-refractivity contribution in [1.29, 1.82) is 0 Å². The molecule has 32 heavy (non-hydrogen) atoms. The number of ether oxygens (including phenoxy) is 1. The fourth-order valence-corrected chi connectivity index (χ4v) is 4.66. The third kappa shape index (κ3) is 5.10. The van der Waals surface area contributed by atoms with Gasteiger partial charge in [-0.3, -0.25) is 14.4 Å². The number of benzene rings is 1. The summed E-state index contributed by atoms with van der Waals surface area (Å²) in [7, 11) is 0. The Balaban J connectivity index is 1.62. The van der Waals surface area contributed by atoms with E-state index in [9.17, 15) is 14.4 Å². The summed E-state index contributed by atoms with van der Waals surface area (Å²) in [4.78, 5) is 36.7. The zero-order valence-corrected chi connectivity index (χ0v) is 18.3. The fraction of sp³-hybridized carbons (Fsp3) is 0.480. The molecule has 1 fully saturated rings. The summed E-state index contributed by atoms with van der Waals surface area (Å²) in [6.07, 6.45) is 10.7. The Hall–Kier alpha value is -2.93. The number of carbonyl (C=O) groups is 3. The Morgan fingerprint density at radius 3 is 2.50 bits per heavy atom. The van der Waals surface area contributed by atoms with Crippen LogP contribution in [0.1, 0.15) is 49.7 Å². The van der Waals surface area contributed by atoms with Crippen molar-refractivity contribution in [3.8, 4) is 5.75 Å². The number of amides is 2. The second-order valence-corrected chi connectivity index (χ2v) is 8.70. The van der Waals surface area contributed by atoms with Gasteiger partial charge >= 0.3 is 0 Å². The van der Waals surface area contributed by atoms with Crippen molar-refractivity contribution in [3.05, 3.63) is 47.6 Å². The maximum atomic E-state index is 12.5. The maximum absolute atomic E-state index is 12.5. The van der Waals surface area contributed by atoms with Gasteiger partial charge in [0, 0.05) is 37.6 Å². The van der Waals surface area contributed by atoms with E-state index < -0.39 is 5.41 Å². The molecule has 1 aliphatic carbocycles. The second-order valence-electron chi connectivity index (χ2n) is 8.70. The Morgan fingerprint density at radius 2 is 1.62 bits per heavy atom. The molecule has 2 atom stereocenters. The predicted molar refractivity (Wildman–Crippen MR) is 122 cm³/mol. The SMILES string of the molecule is O=C1CC[C@]23/C=C/C(=O)NCCCNCCCCNC(=O)/C=C/c4ccc(c2c4)O[C@@H]3C1. The number of ketones is 1. The summed E-state index contributed by atoms with van der Waals surface area (Å²) in [5.41, 5.74) is 1.34. The molecule has 1 aromatic carbocycles. The highest BCUT2D eigenvalue weighted by Gasteiger charge is 2.50. The van der Waals surface area contributed by atoms with Crippen LogP contribution in [0.5, 0.6) is 5.75 Å². The van der Waals surface area contributed by atoms with Crippen LogP contribution in [0.3, 0.4) is 0 Å². The fourth-order valence-electron chi connectivity index (χ4n) is 4.66. The number of carbonyl (C=O) groups excluding carboxylic acids is 3. The zero-order chi connectivity index (χ0) is 22.4. The van der Waals surface area contributed by atoms with Crippen LogP contribution < -0.4 is 20.7 Å². The van der Waals surface area contributed by atoms with Crippen molar-refractivity contribution in [2.75, 3.05) is 26.2 Å². The van der Waals surface area contributed by atoms with E-state index >= 15 is 0 Å². The van der Waals surface area contributed by atoms with Gasteiger partial charge in [0.2, 0.25) is 11.8 Å². The smallest absolute Gasteiger partial charge is 0.243 e.